The number of aromatic nitrogens is 4. The van der Waals surface area contributed by atoms with Crippen LogP contribution in [0.25, 0.3) is 11.2 Å². The number of carbonyl (C=O) groups is 2. The lowest BCUT2D eigenvalue weighted by Crippen LogP contribution is -2.67. The fourth-order valence-corrected chi connectivity index (χ4v) is 4.30. The number of amides is 2. The van der Waals surface area contributed by atoms with Crippen LogP contribution in [-0.4, -0.2) is 119 Å². The van der Waals surface area contributed by atoms with Gasteiger partial charge in [0.25, 0.3) is 0 Å². The standard InChI is InChI=1S/C21H31N7O8/c1-21(2,3)36-20(34)28-5-4-9(30)13(28)18(33)26-11-10(6-29)35-19(15(32)14(11)31)27-17-12-16(23-7-22-12)24-8-25-17/h7-11,13-15,19,29-32H,4-6H2,1-3H3,(H,26,33)(H2,22,23,24,25,27)/t9-,10-,11-,13+,14+,15-,19-/m0/s1. The lowest BCUT2D eigenvalue weighted by molar-refractivity contribution is -0.186. The summed E-state index contributed by atoms with van der Waals surface area (Å²) in [6.45, 7) is 4.52. The van der Waals surface area contributed by atoms with Crippen LogP contribution < -0.4 is 10.6 Å². The molecule has 2 aromatic heterocycles. The molecule has 2 fully saturated rings. The predicted molar refractivity (Wildman–Crippen MR) is 122 cm³/mol. The van der Waals surface area contributed by atoms with Gasteiger partial charge in [-0.3, -0.25) is 9.69 Å². The number of likely N-dealkylation sites (tertiary alicyclic amines) is 1. The second-order valence-corrected chi connectivity index (χ2v) is 9.74. The zero-order chi connectivity index (χ0) is 26.2. The molecule has 2 aliphatic rings. The number of imidazole rings is 1. The van der Waals surface area contributed by atoms with Crippen LogP contribution in [0.3, 0.4) is 0 Å². The maximum atomic E-state index is 13.1. The van der Waals surface area contributed by atoms with E-state index in [-0.39, 0.29) is 18.8 Å². The molecule has 15 nitrogen and oxygen atoms in total. The molecular weight excluding hydrogens is 478 g/mol. The Morgan fingerprint density at radius 2 is 1.97 bits per heavy atom. The second kappa shape index (κ2) is 10.1. The number of nitrogens with one attached hydrogen (secondary N) is 3. The van der Waals surface area contributed by atoms with Crippen molar-refractivity contribution in [1.29, 1.82) is 0 Å². The quantitative estimate of drug-likeness (QED) is 0.234. The van der Waals surface area contributed by atoms with Crippen LogP contribution in [0.1, 0.15) is 27.2 Å². The van der Waals surface area contributed by atoms with E-state index in [1.807, 2.05) is 0 Å². The van der Waals surface area contributed by atoms with Crippen molar-refractivity contribution in [2.75, 3.05) is 18.5 Å². The monoisotopic (exact) mass is 509 g/mol. The highest BCUT2D eigenvalue weighted by atomic mass is 16.6. The molecule has 2 aromatic rings. The highest BCUT2D eigenvalue weighted by molar-refractivity contribution is 5.87. The SMILES string of the molecule is CC(C)(C)OC(=O)N1CC[C@H](O)[C@@H]1C(=O)N[C@@H]1[C@@H](O)[C@H](O)[C@@H](Nc2ncnc3nc[nH]c23)O[C@H]1CO. The molecule has 4 heterocycles. The third-order valence-corrected chi connectivity index (χ3v) is 6.00. The van der Waals surface area contributed by atoms with Crippen LogP contribution in [0.2, 0.25) is 0 Å². The first-order valence-electron chi connectivity index (χ1n) is 11.5. The third-order valence-electron chi connectivity index (χ3n) is 6.00. The molecule has 4 rings (SSSR count). The van der Waals surface area contributed by atoms with Crippen molar-refractivity contribution in [3.63, 3.8) is 0 Å². The summed E-state index contributed by atoms with van der Waals surface area (Å²) >= 11 is 0. The number of rotatable bonds is 5. The fraction of sp³-hybridized carbons (Fsp3) is 0.667. The molecule has 7 N–H and O–H groups in total. The number of hydrogen-bond acceptors (Lipinski definition) is 12. The summed E-state index contributed by atoms with van der Waals surface area (Å²) in [5.41, 5.74) is 0.00146. The lowest BCUT2D eigenvalue weighted by atomic mass is 9.94. The minimum absolute atomic E-state index is 0.0942. The van der Waals surface area contributed by atoms with Crippen LogP contribution in [0.5, 0.6) is 0 Å². The van der Waals surface area contributed by atoms with Crippen LogP contribution in [0.4, 0.5) is 10.6 Å². The van der Waals surface area contributed by atoms with Gasteiger partial charge in [-0.1, -0.05) is 0 Å². The Balaban J connectivity index is 1.47. The number of hydrogen-bond donors (Lipinski definition) is 7. The van der Waals surface area contributed by atoms with Gasteiger partial charge in [0.1, 0.15) is 41.8 Å². The Bertz CT molecular complexity index is 1090. The largest absolute Gasteiger partial charge is 0.444 e. The van der Waals surface area contributed by atoms with Gasteiger partial charge in [0.15, 0.2) is 17.7 Å². The van der Waals surface area contributed by atoms with Gasteiger partial charge >= 0.3 is 6.09 Å². The number of aliphatic hydroxyl groups is 4. The number of fused-ring (bicyclic) bond motifs is 1. The number of nitrogens with zero attached hydrogens (tertiary/aromatic N) is 4. The Morgan fingerprint density at radius 1 is 1.22 bits per heavy atom. The molecule has 36 heavy (non-hydrogen) atoms. The van der Waals surface area contributed by atoms with E-state index >= 15 is 0 Å². The molecule has 0 radical (unpaired) electrons. The number of aliphatic hydroxyl groups excluding tert-OH is 4. The molecule has 2 amide bonds. The lowest BCUT2D eigenvalue weighted by Gasteiger charge is -2.43. The van der Waals surface area contributed by atoms with Crippen molar-refractivity contribution < 1.29 is 39.5 Å². The topological polar surface area (TPSA) is 215 Å². The maximum absolute atomic E-state index is 13.1. The average molecular weight is 510 g/mol. The molecule has 198 valence electrons. The Hall–Kier alpha value is -3.11. The van der Waals surface area contributed by atoms with Crippen LogP contribution in [-0.2, 0) is 14.3 Å². The summed E-state index contributed by atoms with van der Waals surface area (Å²) in [5, 5.41) is 47.2. The van der Waals surface area contributed by atoms with Crippen molar-refractivity contribution in [2.24, 2.45) is 0 Å². The van der Waals surface area contributed by atoms with E-state index in [1.165, 1.54) is 12.7 Å². The average Bonchev–Trinajstić information content (AvgIpc) is 3.44. The minimum Gasteiger partial charge on any atom is -0.444 e. The molecule has 0 aliphatic carbocycles. The molecule has 0 saturated carbocycles. The molecule has 0 aromatic carbocycles. The van der Waals surface area contributed by atoms with Crippen molar-refractivity contribution >= 4 is 29.0 Å². The second-order valence-electron chi connectivity index (χ2n) is 9.74. The molecule has 0 bridgehead atoms. The van der Waals surface area contributed by atoms with Gasteiger partial charge in [0, 0.05) is 6.54 Å². The van der Waals surface area contributed by atoms with Crippen molar-refractivity contribution in [2.45, 2.75) is 75.5 Å². The molecule has 2 aliphatic heterocycles. The van der Waals surface area contributed by atoms with E-state index in [0.29, 0.717) is 11.2 Å². The first kappa shape index (κ1) is 26.0. The first-order chi connectivity index (χ1) is 17.0. The highest BCUT2D eigenvalue weighted by Gasteiger charge is 2.48. The van der Waals surface area contributed by atoms with Crippen LogP contribution in [0.15, 0.2) is 12.7 Å². The number of carbonyl (C=O) groups excluding carboxylic acids is 2. The van der Waals surface area contributed by atoms with Crippen molar-refractivity contribution in [3.8, 4) is 0 Å². The summed E-state index contributed by atoms with van der Waals surface area (Å²) in [6.07, 6.45) is -4.59. The summed E-state index contributed by atoms with van der Waals surface area (Å²) in [4.78, 5) is 41.8. The molecular formula is C21H31N7O8. The molecule has 0 spiro atoms. The maximum Gasteiger partial charge on any atom is 0.411 e. The van der Waals surface area contributed by atoms with Gasteiger partial charge in [-0.15, -0.1) is 0 Å². The summed E-state index contributed by atoms with van der Waals surface area (Å²) in [6, 6.07) is -2.53. The molecule has 2 saturated heterocycles. The van der Waals surface area contributed by atoms with Crippen molar-refractivity contribution in [1.82, 2.24) is 30.2 Å². The van der Waals surface area contributed by atoms with Gasteiger partial charge in [0.05, 0.1) is 25.1 Å². The number of aromatic amines is 1. The fourth-order valence-electron chi connectivity index (χ4n) is 4.30. The van der Waals surface area contributed by atoms with Crippen LogP contribution >= 0.6 is 0 Å². The van der Waals surface area contributed by atoms with Gasteiger partial charge in [-0.05, 0) is 27.2 Å². The summed E-state index contributed by atoms with van der Waals surface area (Å²) < 4.78 is 11.1. The Kier molecular flexibility index (Phi) is 7.28. The zero-order valence-corrected chi connectivity index (χ0v) is 20.0. The Morgan fingerprint density at radius 3 is 2.67 bits per heavy atom. The predicted octanol–water partition coefficient (Wildman–Crippen LogP) is -1.94. The van der Waals surface area contributed by atoms with E-state index in [0.717, 1.165) is 4.90 Å². The zero-order valence-electron chi connectivity index (χ0n) is 20.0. The van der Waals surface area contributed by atoms with Gasteiger partial charge in [0.2, 0.25) is 5.91 Å². The summed E-state index contributed by atoms with van der Waals surface area (Å²) in [7, 11) is 0. The normalized spacial score (nSPS) is 30.9. The number of H-pyrrole nitrogens is 1. The van der Waals surface area contributed by atoms with Gasteiger partial charge < -0.3 is 45.5 Å². The first-order valence-corrected chi connectivity index (χ1v) is 11.5. The van der Waals surface area contributed by atoms with Gasteiger partial charge in [-0.25, -0.2) is 19.7 Å². The highest BCUT2D eigenvalue weighted by Crippen LogP contribution is 2.26. The number of anilines is 1. The molecule has 0 unspecified atom stereocenters. The molecule has 7 atom stereocenters. The van der Waals surface area contributed by atoms with E-state index in [1.54, 1.807) is 20.8 Å². The van der Waals surface area contributed by atoms with E-state index < -0.39 is 66.9 Å². The Labute approximate surface area is 205 Å². The van der Waals surface area contributed by atoms with Crippen molar-refractivity contribution in [3.05, 3.63) is 12.7 Å². The van der Waals surface area contributed by atoms with Crippen LogP contribution in [0, 0.1) is 0 Å². The smallest absolute Gasteiger partial charge is 0.411 e. The summed E-state index contributed by atoms with van der Waals surface area (Å²) in [5.74, 6) is -0.541. The third kappa shape index (κ3) is 5.19. The van der Waals surface area contributed by atoms with E-state index in [4.69, 9.17) is 9.47 Å². The van der Waals surface area contributed by atoms with E-state index in [9.17, 15) is 30.0 Å². The minimum atomic E-state index is -1.58. The number of ether oxygens (including phenoxy) is 2. The van der Waals surface area contributed by atoms with Gasteiger partial charge in [-0.2, -0.15) is 0 Å². The van der Waals surface area contributed by atoms with E-state index in [2.05, 4.69) is 30.6 Å². The molecule has 15 heteroatoms.